The third-order valence-electron chi connectivity index (χ3n) is 6.67. The summed E-state index contributed by atoms with van der Waals surface area (Å²) in [7, 11) is 0. The molecule has 1 aliphatic carbocycles. The second-order valence-corrected chi connectivity index (χ2v) is 8.87. The average Bonchev–Trinajstić information content (AvgIpc) is 3.55. The van der Waals surface area contributed by atoms with E-state index in [1.807, 2.05) is 55.5 Å². The summed E-state index contributed by atoms with van der Waals surface area (Å²) in [5.74, 6) is -0.352. The van der Waals surface area contributed by atoms with Gasteiger partial charge < -0.3 is 9.88 Å². The lowest BCUT2D eigenvalue weighted by atomic mass is 9.96. The number of carbonyl (C=O) groups excluding carboxylic acids is 1. The standard InChI is InChI=1S/C26H27N5O3/c1-2-29-18-28-23-22(29)24(33)31(25(34)30(23)15-19-9-5-3-6-10-19)16-21(32)27-17-26(13-14-26)20-11-7-4-8-12-20/h3-12,18H,2,13-17H2,1H3,(H,27,32). The number of fused-ring (bicyclic) bond motifs is 1. The van der Waals surface area contributed by atoms with Crippen molar-refractivity contribution < 1.29 is 4.79 Å². The molecule has 0 saturated heterocycles. The van der Waals surface area contributed by atoms with Crippen LogP contribution in [0.1, 0.15) is 30.9 Å². The first-order valence-electron chi connectivity index (χ1n) is 11.6. The van der Waals surface area contributed by atoms with Gasteiger partial charge in [-0.15, -0.1) is 0 Å². The first-order chi connectivity index (χ1) is 16.5. The molecule has 0 aliphatic heterocycles. The molecule has 2 heterocycles. The molecule has 2 aromatic carbocycles. The Labute approximate surface area is 196 Å². The molecule has 8 nitrogen and oxygen atoms in total. The highest BCUT2D eigenvalue weighted by atomic mass is 16.2. The Morgan fingerprint density at radius 2 is 1.68 bits per heavy atom. The quantitative estimate of drug-likeness (QED) is 0.440. The molecule has 1 N–H and O–H groups in total. The number of benzene rings is 2. The lowest BCUT2D eigenvalue weighted by Gasteiger charge is -2.17. The van der Waals surface area contributed by atoms with Crippen LogP contribution in [0.25, 0.3) is 11.2 Å². The Morgan fingerprint density at radius 3 is 2.32 bits per heavy atom. The Morgan fingerprint density at radius 1 is 1.00 bits per heavy atom. The third-order valence-corrected chi connectivity index (χ3v) is 6.67. The van der Waals surface area contributed by atoms with Gasteiger partial charge >= 0.3 is 5.69 Å². The van der Waals surface area contributed by atoms with Gasteiger partial charge in [-0.3, -0.25) is 14.2 Å². The first-order valence-corrected chi connectivity index (χ1v) is 11.6. The van der Waals surface area contributed by atoms with Gasteiger partial charge in [-0.25, -0.2) is 14.3 Å². The second-order valence-electron chi connectivity index (χ2n) is 8.87. The van der Waals surface area contributed by atoms with Crippen molar-refractivity contribution >= 4 is 17.1 Å². The summed E-state index contributed by atoms with van der Waals surface area (Å²) in [6.45, 7) is 2.85. The van der Waals surface area contributed by atoms with Gasteiger partial charge in [0.05, 0.1) is 12.9 Å². The van der Waals surface area contributed by atoms with E-state index in [-0.39, 0.29) is 24.4 Å². The summed E-state index contributed by atoms with van der Waals surface area (Å²) in [5, 5.41) is 2.96. The number of rotatable bonds is 8. The van der Waals surface area contributed by atoms with Crippen molar-refractivity contribution in [1.29, 1.82) is 0 Å². The molecular formula is C26H27N5O3. The van der Waals surface area contributed by atoms with E-state index in [0.717, 1.165) is 23.0 Å². The summed E-state index contributed by atoms with van der Waals surface area (Å²) in [4.78, 5) is 43.9. The molecule has 4 aromatic rings. The van der Waals surface area contributed by atoms with Gasteiger partial charge in [-0.05, 0) is 30.9 Å². The summed E-state index contributed by atoms with van der Waals surface area (Å²) >= 11 is 0. The van der Waals surface area contributed by atoms with E-state index < -0.39 is 11.2 Å². The molecule has 2 aromatic heterocycles. The van der Waals surface area contributed by atoms with Gasteiger partial charge in [0.2, 0.25) is 5.91 Å². The Hall–Kier alpha value is -3.94. The zero-order valence-corrected chi connectivity index (χ0v) is 19.1. The molecular weight excluding hydrogens is 430 g/mol. The largest absolute Gasteiger partial charge is 0.354 e. The summed E-state index contributed by atoms with van der Waals surface area (Å²) in [6, 6.07) is 19.6. The summed E-state index contributed by atoms with van der Waals surface area (Å²) in [6.07, 6.45) is 3.57. The minimum Gasteiger partial charge on any atom is -0.354 e. The molecule has 174 valence electrons. The maximum atomic E-state index is 13.4. The number of hydrogen-bond donors (Lipinski definition) is 1. The molecule has 1 saturated carbocycles. The number of hydrogen-bond acceptors (Lipinski definition) is 4. The van der Waals surface area contributed by atoms with Crippen LogP contribution in [0.5, 0.6) is 0 Å². The predicted molar refractivity (Wildman–Crippen MR) is 130 cm³/mol. The molecule has 0 bridgehead atoms. The van der Waals surface area contributed by atoms with Crippen LogP contribution in [0.2, 0.25) is 0 Å². The fourth-order valence-corrected chi connectivity index (χ4v) is 4.50. The maximum Gasteiger partial charge on any atom is 0.333 e. The minimum absolute atomic E-state index is 0.0554. The van der Waals surface area contributed by atoms with Crippen LogP contribution in [0, 0.1) is 0 Å². The topological polar surface area (TPSA) is 90.9 Å². The lowest BCUT2D eigenvalue weighted by molar-refractivity contribution is -0.121. The molecule has 0 unspecified atom stereocenters. The van der Waals surface area contributed by atoms with Crippen molar-refractivity contribution in [3.05, 3.63) is 99.0 Å². The third kappa shape index (κ3) is 3.96. The van der Waals surface area contributed by atoms with Gasteiger partial charge in [0.15, 0.2) is 11.2 Å². The van der Waals surface area contributed by atoms with E-state index in [1.165, 1.54) is 10.1 Å². The van der Waals surface area contributed by atoms with E-state index in [9.17, 15) is 14.4 Å². The number of aromatic nitrogens is 4. The Kier molecular flexibility index (Phi) is 5.65. The molecule has 8 heteroatoms. The molecule has 1 aliphatic rings. The van der Waals surface area contributed by atoms with Crippen molar-refractivity contribution in [3.8, 4) is 0 Å². The van der Waals surface area contributed by atoms with Gasteiger partial charge in [-0.2, -0.15) is 0 Å². The molecule has 5 rings (SSSR count). The Bertz CT molecular complexity index is 1450. The maximum absolute atomic E-state index is 13.4. The highest BCUT2D eigenvalue weighted by Gasteiger charge is 2.44. The highest BCUT2D eigenvalue weighted by Crippen LogP contribution is 2.47. The van der Waals surface area contributed by atoms with Crippen LogP contribution >= 0.6 is 0 Å². The van der Waals surface area contributed by atoms with E-state index in [1.54, 1.807) is 10.9 Å². The zero-order valence-electron chi connectivity index (χ0n) is 19.1. The number of nitrogens with one attached hydrogen (secondary N) is 1. The van der Waals surface area contributed by atoms with Gasteiger partial charge in [0.25, 0.3) is 5.56 Å². The molecule has 0 atom stereocenters. The van der Waals surface area contributed by atoms with Gasteiger partial charge in [0.1, 0.15) is 6.54 Å². The molecule has 0 spiro atoms. The normalized spacial score (nSPS) is 14.3. The van der Waals surface area contributed by atoms with Crippen LogP contribution in [0.15, 0.2) is 76.6 Å². The minimum atomic E-state index is -0.540. The van der Waals surface area contributed by atoms with Crippen molar-refractivity contribution in [3.63, 3.8) is 0 Å². The van der Waals surface area contributed by atoms with E-state index >= 15 is 0 Å². The van der Waals surface area contributed by atoms with Gasteiger partial charge in [0, 0.05) is 18.5 Å². The zero-order chi connectivity index (χ0) is 23.7. The summed E-state index contributed by atoms with van der Waals surface area (Å²) in [5.41, 5.74) is 1.67. The lowest BCUT2D eigenvalue weighted by Crippen LogP contribution is -2.45. The van der Waals surface area contributed by atoms with Crippen LogP contribution in [-0.2, 0) is 29.8 Å². The Balaban J connectivity index is 1.45. The number of amides is 1. The van der Waals surface area contributed by atoms with Gasteiger partial charge in [-0.1, -0.05) is 60.7 Å². The molecule has 1 fully saturated rings. The number of nitrogens with zero attached hydrogens (tertiary/aromatic N) is 4. The fraction of sp³-hybridized carbons (Fsp3) is 0.308. The van der Waals surface area contributed by atoms with Crippen molar-refractivity contribution in [2.45, 2.75) is 44.8 Å². The monoisotopic (exact) mass is 457 g/mol. The molecule has 1 amide bonds. The fourth-order valence-electron chi connectivity index (χ4n) is 4.50. The van der Waals surface area contributed by atoms with Crippen LogP contribution < -0.4 is 16.6 Å². The smallest absolute Gasteiger partial charge is 0.333 e. The predicted octanol–water partition coefficient (Wildman–Crippen LogP) is 2.28. The van der Waals surface area contributed by atoms with Crippen LogP contribution in [-0.4, -0.2) is 31.1 Å². The molecule has 0 radical (unpaired) electrons. The van der Waals surface area contributed by atoms with Crippen molar-refractivity contribution in [2.24, 2.45) is 0 Å². The van der Waals surface area contributed by atoms with Crippen LogP contribution in [0.3, 0.4) is 0 Å². The first kappa shape index (κ1) is 21.9. The number of carbonyl (C=O) groups is 1. The van der Waals surface area contributed by atoms with Crippen LogP contribution in [0.4, 0.5) is 0 Å². The number of aryl methyl sites for hydroxylation is 1. The summed E-state index contributed by atoms with van der Waals surface area (Å²) < 4.78 is 4.20. The average molecular weight is 458 g/mol. The SMILES string of the molecule is CCn1cnc2c1c(=O)n(CC(=O)NCC1(c3ccccc3)CC1)c(=O)n2Cc1ccccc1. The second kappa shape index (κ2) is 8.78. The molecule has 34 heavy (non-hydrogen) atoms. The highest BCUT2D eigenvalue weighted by molar-refractivity contribution is 5.77. The van der Waals surface area contributed by atoms with Crippen molar-refractivity contribution in [2.75, 3.05) is 6.54 Å². The van der Waals surface area contributed by atoms with Crippen molar-refractivity contribution in [1.82, 2.24) is 24.0 Å². The van der Waals surface area contributed by atoms with E-state index in [4.69, 9.17) is 0 Å². The van der Waals surface area contributed by atoms with E-state index in [0.29, 0.717) is 24.3 Å². The van der Waals surface area contributed by atoms with E-state index in [2.05, 4.69) is 22.4 Å². The number of imidazole rings is 1.